The fourth-order valence-electron chi connectivity index (χ4n) is 3.33. The van der Waals surface area contributed by atoms with Crippen LogP contribution in [-0.2, 0) is 16.1 Å². The van der Waals surface area contributed by atoms with Gasteiger partial charge in [-0.3, -0.25) is 0 Å². The second-order valence-corrected chi connectivity index (χ2v) is 6.64. The Hall–Kier alpha value is -2.59. The highest BCUT2D eigenvalue weighted by atomic mass is 16.6. The van der Waals surface area contributed by atoms with Gasteiger partial charge < -0.3 is 29.9 Å². The van der Waals surface area contributed by atoms with E-state index in [0.717, 1.165) is 5.56 Å². The molecule has 0 radical (unpaired) electrons. The number of hydrogen-bond acceptors (Lipinski definition) is 9. The first-order valence-electron chi connectivity index (χ1n) is 8.52. The number of benzene rings is 1. The first-order chi connectivity index (χ1) is 13.0. The van der Waals surface area contributed by atoms with Crippen LogP contribution in [-0.4, -0.2) is 49.8 Å². The molecule has 1 aromatic carbocycles. The lowest BCUT2D eigenvalue weighted by atomic mass is 9.90. The van der Waals surface area contributed by atoms with Crippen LogP contribution in [0, 0.1) is 0 Å². The van der Waals surface area contributed by atoms with E-state index >= 15 is 0 Å². The molecule has 4 rings (SSSR count). The largest absolute Gasteiger partial charge is 0.394 e. The molecule has 0 aliphatic carbocycles. The van der Waals surface area contributed by atoms with E-state index in [4.69, 9.17) is 19.7 Å². The van der Waals surface area contributed by atoms with Gasteiger partial charge in [-0.15, -0.1) is 0 Å². The van der Waals surface area contributed by atoms with E-state index in [1.807, 2.05) is 30.3 Å². The average molecular weight is 372 g/mol. The SMILES string of the molecule is C[C@@]1(OCc2ccccc2)[C@H](O)C(CO)O[C@H]1c1noc2c(N)ncnc12. The monoisotopic (exact) mass is 372 g/mol. The predicted molar refractivity (Wildman–Crippen MR) is 94.4 cm³/mol. The molecule has 0 spiro atoms. The minimum absolute atomic E-state index is 0.155. The van der Waals surface area contributed by atoms with Crippen molar-refractivity contribution < 1.29 is 24.2 Å². The van der Waals surface area contributed by atoms with E-state index in [2.05, 4.69) is 15.1 Å². The summed E-state index contributed by atoms with van der Waals surface area (Å²) < 4.78 is 17.2. The van der Waals surface area contributed by atoms with Crippen LogP contribution >= 0.6 is 0 Å². The third kappa shape index (κ3) is 2.94. The number of ether oxygens (including phenoxy) is 2. The van der Waals surface area contributed by atoms with Crippen molar-refractivity contribution in [3.05, 3.63) is 47.9 Å². The molecule has 0 bridgehead atoms. The molecule has 0 saturated carbocycles. The molecule has 3 aromatic rings. The summed E-state index contributed by atoms with van der Waals surface area (Å²) in [7, 11) is 0. The summed E-state index contributed by atoms with van der Waals surface area (Å²) in [6, 6.07) is 9.56. The van der Waals surface area contributed by atoms with E-state index in [-0.39, 0.29) is 24.6 Å². The van der Waals surface area contributed by atoms with Gasteiger partial charge >= 0.3 is 0 Å². The Morgan fingerprint density at radius 2 is 2.04 bits per heavy atom. The normalized spacial score (nSPS) is 28.0. The van der Waals surface area contributed by atoms with Crippen LogP contribution in [0.4, 0.5) is 5.82 Å². The van der Waals surface area contributed by atoms with Crippen molar-refractivity contribution in [3.63, 3.8) is 0 Å². The van der Waals surface area contributed by atoms with Gasteiger partial charge in [0.2, 0.25) is 5.58 Å². The Bertz CT molecular complexity index is 934. The van der Waals surface area contributed by atoms with Crippen LogP contribution in [0.5, 0.6) is 0 Å². The van der Waals surface area contributed by atoms with E-state index in [9.17, 15) is 10.2 Å². The summed E-state index contributed by atoms with van der Waals surface area (Å²) in [6.07, 6.45) is -1.43. The summed E-state index contributed by atoms with van der Waals surface area (Å²) in [4.78, 5) is 8.06. The Morgan fingerprint density at radius 1 is 1.26 bits per heavy atom. The van der Waals surface area contributed by atoms with E-state index in [1.54, 1.807) is 6.92 Å². The van der Waals surface area contributed by atoms with Crippen molar-refractivity contribution in [2.24, 2.45) is 0 Å². The lowest BCUT2D eigenvalue weighted by Crippen LogP contribution is -2.45. The first kappa shape index (κ1) is 17.8. The lowest BCUT2D eigenvalue weighted by Gasteiger charge is -2.32. The fraction of sp³-hybridized carbons (Fsp3) is 0.389. The number of anilines is 1. The van der Waals surface area contributed by atoms with Gasteiger partial charge in [0.25, 0.3) is 0 Å². The van der Waals surface area contributed by atoms with Crippen molar-refractivity contribution >= 4 is 16.9 Å². The van der Waals surface area contributed by atoms with Gasteiger partial charge in [0.05, 0.1) is 13.2 Å². The fourth-order valence-corrected chi connectivity index (χ4v) is 3.33. The molecule has 9 nitrogen and oxygen atoms in total. The number of aliphatic hydroxyl groups excluding tert-OH is 2. The van der Waals surface area contributed by atoms with E-state index < -0.39 is 23.9 Å². The molecule has 2 aromatic heterocycles. The second kappa shape index (κ2) is 6.86. The third-order valence-electron chi connectivity index (χ3n) is 4.90. The van der Waals surface area contributed by atoms with E-state index in [1.165, 1.54) is 6.33 Å². The first-order valence-corrected chi connectivity index (χ1v) is 8.52. The molecule has 1 saturated heterocycles. The Morgan fingerprint density at radius 3 is 2.78 bits per heavy atom. The van der Waals surface area contributed by atoms with Crippen molar-refractivity contribution in [2.75, 3.05) is 12.3 Å². The number of fused-ring (bicyclic) bond motifs is 1. The molecule has 0 amide bonds. The lowest BCUT2D eigenvalue weighted by molar-refractivity contribution is -0.127. The van der Waals surface area contributed by atoms with Crippen LogP contribution in [0.2, 0.25) is 0 Å². The van der Waals surface area contributed by atoms with Crippen LogP contribution in [0.1, 0.15) is 24.3 Å². The number of rotatable bonds is 5. The predicted octanol–water partition coefficient (Wildman–Crippen LogP) is 0.969. The zero-order valence-electron chi connectivity index (χ0n) is 14.6. The highest BCUT2D eigenvalue weighted by Crippen LogP contribution is 2.45. The molecule has 3 heterocycles. The van der Waals surface area contributed by atoms with Gasteiger partial charge in [0, 0.05) is 0 Å². The number of nitrogen functional groups attached to an aromatic ring is 1. The molecule has 4 atom stereocenters. The van der Waals surface area contributed by atoms with Crippen molar-refractivity contribution in [2.45, 2.75) is 37.4 Å². The molecule has 1 unspecified atom stereocenters. The molecule has 142 valence electrons. The number of aliphatic hydroxyl groups is 2. The van der Waals surface area contributed by atoms with Gasteiger partial charge in [-0.05, 0) is 12.5 Å². The van der Waals surface area contributed by atoms with E-state index in [0.29, 0.717) is 11.2 Å². The number of nitrogens with zero attached hydrogens (tertiary/aromatic N) is 3. The highest BCUT2D eigenvalue weighted by Gasteiger charge is 2.56. The summed E-state index contributed by atoms with van der Waals surface area (Å²) in [5.41, 5.74) is 6.52. The van der Waals surface area contributed by atoms with Gasteiger partial charge in [0.1, 0.15) is 41.5 Å². The second-order valence-electron chi connectivity index (χ2n) is 6.64. The third-order valence-corrected chi connectivity index (χ3v) is 4.90. The molecule has 1 fully saturated rings. The van der Waals surface area contributed by atoms with Crippen LogP contribution in [0.25, 0.3) is 11.1 Å². The van der Waals surface area contributed by atoms with Gasteiger partial charge in [-0.2, -0.15) is 0 Å². The Labute approximate surface area is 154 Å². The Kier molecular flexibility index (Phi) is 4.52. The standard InChI is InChI=1S/C18H20N4O5/c1-18(25-8-10-5-3-2-4-6-10)15(24)11(7-23)26-16(18)13-12-14(27-22-13)17(19)21-9-20-12/h2-6,9,11,15-16,23-24H,7-8H2,1H3,(H2,19,20,21)/t11?,15-,16+,18-/m1/s1. The van der Waals surface area contributed by atoms with Crippen molar-refractivity contribution in [1.29, 1.82) is 0 Å². The van der Waals surface area contributed by atoms with Crippen LogP contribution in [0.15, 0.2) is 41.2 Å². The summed E-state index contributed by atoms with van der Waals surface area (Å²) in [5, 5.41) is 24.4. The maximum absolute atomic E-state index is 10.8. The maximum Gasteiger partial charge on any atom is 0.227 e. The number of hydrogen-bond donors (Lipinski definition) is 3. The average Bonchev–Trinajstić information content (AvgIpc) is 3.22. The maximum atomic E-state index is 10.8. The molecule has 27 heavy (non-hydrogen) atoms. The minimum Gasteiger partial charge on any atom is -0.394 e. The van der Waals surface area contributed by atoms with Crippen molar-refractivity contribution in [1.82, 2.24) is 15.1 Å². The molecule has 9 heteroatoms. The molecular weight excluding hydrogens is 352 g/mol. The molecule has 4 N–H and O–H groups in total. The van der Waals surface area contributed by atoms with Gasteiger partial charge in [-0.25, -0.2) is 9.97 Å². The topological polar surface area (TPSA) is 137 Å². The Balaban J connectivity index is 1.71. The number of nitrogens with two attached hydrogens (primary N) is 1. The zero-order valence-corrected chi connectivity index (χ0v) is 14.6. The summed E-state index contributed by atoms with van der Waals surface area (Å²) >= 11 is 0. The number of aromatic nitrogens is 3. The minimum atomic E-state index is -1.19. The molecule has 1 aliphatic rings. The molecule has 1 aliphatic heterocycles. The summed E-state index contributed by atoms with van der Waals surface area (Å²) in [6.45, 7) is 1.60. The quantitative estimate of drug-likeness (QED) is 0.598. The van der Waals surface area contributed by atoms with Crippen molar-refractivity contribution in [3.8, 4) is 0 Å². The summed E-state index contributed by atoms with van der Waals surface area (Å²) in [5.74, 6) is 0.155. The van der Waals surface area contributed by atoms with Crippen LogP contribution in [0.3, 0.4) is 0 Å². The van der Waals surface area contributed by atoms with Gasteiger partial charge in [-0.1, -0.05) is 35.5 Å². The zero-order chi connectivity index (χ0) is 19.0. The highest BCUT2D eigenvalue weighted by molar-refractivity contribution is 5.83. The smallest absolute Gasteiger partial charge is 0.227 e. The van der Waals surface area contributed by atoms with Crippen LogP contribution < -0.4 is 5.73 Å². The van der Waals surface area contributed by atoms with Gasteiger partial charge in [0.15, 0.2) is 5.82 Å². The molecular formula is C18H20N4O5.